The maximum Gasteiger partial charge on any atom is 0.273 e. The van der Waals surface area contributed by atoms with E-state index >= 15 is 0 Å². The Morgan fingerprint density at radius 3 is 2.75 bits per heavy atom. The van der Waals surface area contributed by atoms with Gasteiger partial charge in [0.05, 0.1) is 11.6 Å². The number of amides is 1. The summed E-state index contributed by atoms with van der Waals surface area (Å²) in [6, 6.07) is 12.4. The van der Waals surface area contributed by atoms with Crippen LogP contribution in [0.4, 0.5) is 11.6 Å². The number of hydrogen-bond donors (Lipinski definition) is 2. The number of piperidine rings is 1. The van der Waals surface area contributed by atoms with Crippen molar-refractivity contribution in [2.45, 2.75) is 12.8 Å². The monoisotopic (exact) mass is 431 g/mol. The number of aromatic nitrogens is 7. The summed E-state index contributed by atoms with van der Waals surface area (Å²) in [4.78, 5) is 39.8. The molecule has 5 rings (SSSR count). The second-order valence-corrected chi connectivity index (χ2v) is 7.53. The third kappa shape index (κ3) is 4.00. The molecule has 32 heavy (non-hydrogen) atoms. The van der Waals surface area contributed by atoms with Gasteiger partial charge in [-0.2, -0.15) is 5.10 Å². The zero-order chi connectivity index (χ0) is 21.9. The molecule has 4 heterocycles. The lowest BCUT2D eigenvalue weighted by Gasteiger charge is -2.32. The molecular formula is C21H21N9O2. The van der Waals surface area contributed by atoms with Crippen molar-refractivity contribution >= 4 is 17.5 Å². The summed E-state index contributed by atoms with van der Waals surface area (Å²) in [5.41, 5.74) is 0.465. The van der Waals surface area contributed by atoms with E-state index < -0.39 is 0 Å². The summed E-state index contributed by atoms with van der Waals surface area (Å²) in [6.07, 6.45) is 6.10. The van der Waals surface area contributed by atoms with Gasteiger partial charge in [0, 0.05) is 25.2 Å². The molecule has 11 heteroatoms. The van der Waals surface area contributed by atoms with Crippen LogP contribution in [-0.2, 0) is 4.79 Å². The van der Waals surface area contributed by atoms with Gasteiger partial charge < -0.3 is 10.2 Å². The van der Waals surface area contributed by atoms with Gasteiger partial charge in [0.2, 0.25) is 5.91 Å². The van der Waals surface area contributed by atoms with E-state index in [1.165, 1.54) is 23.4 Å². The molecule has 0 radical (unpaired) electrons. The first-order chi connectivity index (χ1) is 15.7. The minimum atomic E-state index is -0.239. The average Bonchev–Trinajstić information content (AvgIpc) is 3.50. The maximum atomic E-state index is 12.9. The maximum absolute atomic E-state index is 12.9. The van der Waals surface area contributed by atoms with Gasteiger partial charge in [-0.1, -0.05) is 18.2 Å². The first-order valence-electron chi connectivity index (χ1n) is 10.3. The van der Waals surface area contributed by atoms with Crippen LogP contribution in [0.3, 0.4) is 0 Å². The summed E-state index contributed by atoms with van der Waals surface area (Å²) in [7, 11) is 0. The molecule has 1 aromatic carbocycles. The van der Waals surface area contributed by atoms with Crippen molar-refractivity contribution < 1.29 is 4.79 Å². The van der Waals surface area contributed by atoms with E-state index in [0.717, 1.165) is 25.2 Å². The molecule has 1 fully saturated rings. The predicted molar refractivity (Wildman–Crippen MR) is 117 cm³/mol. The van der Waals surface area contributed by atoms with Crippen LogP contribution in [0.15, 0.2) is 66.2 Å². The molecule has 0 saturated carbocycles. The highest BCUT2D eigenvalue weighted by Crippen LogP contribution is 2.23. The number of H-pyrrole nitrogens is 1. The summed E-state index contributed by atoms with van der Waals surface area (Å²) in [6.45, 7) is 1.31. The number of nitrogens with one attached hydrogen (secondary N) is 2. The Morgan fingerprint density at radius 1 is 1.09 bits per heavy atom. The Kier molecular flexibility index (Phi) is 5.20. The molecule has 1 aliphatic heterocycles. The SMILES string of the molecule is O=C(Nc1cc(=O)n(-c2ccccc2)[nH]1)C1CCCN(c2cc(-n3cncn3)ncn2)C1. The molecular weight excluding hydrogens is 410 g/mol. The first kappa shape index (κ1) is 19.7. The van der Waals surface area contributed by atoms with Crippen molar-refractivity contribution in [2.75, 3.05) is 23.3 Å². The molecule has 3 aromatic heterocycles. The third-order valence-electron chi connectivity index (χ3n) is 5.40. The van der Waals surface area contributed by atoms with Crippen molar-refractivity contribution in [3.05, 3.63) is 71.8 Å². The second-order valence-electron chi connectivity index (χ2n) is 7.53. The fourth-order valence-corrected chi connectivity index (χ4v) is 3.82. The van der Waals surface area contributed by atoms with Gasteiger partial charge in [-0.3, -0.25) is 14.7 Å². The summed E-state index contributed by atoms with van der Waals surface area (Å²) >= 11 is 0. The van der Waals surface area contributed by atoms with E-state index in [2.05, 4.69) is 35.4 Å². The largest absolute Gasteiger partial charge is 0.356 e. The molecule has 1 saturated heterocycles. The number of rotatable bonds is 5. The molecule has 162 valence electrons. The van der Waals surface area contributed by atoms with Crippen LogP contribution in [0.25, 0.3) is 11.5 Å². The van der Waals surface area contributed by atoms with Crippen molar-refractivity contribution in [3.63, 3.8) is 0 Å². The normalized spacial score (nSPS) is 16.1. The van der Waals surface area contributed by atoms with Gasteiger partial charge in [-0.25, -0.2) is 24.3 Å². The molecule has 1 amide bonds. The van der Waals surface area contributed by atoms with Crippen LogP contribution >= 0.6 is 0 Å². The van der Waals surface area contributed by atoms with E-state index in [1.807, 2.05) is 36.4 Å². The van der Waals surface area contributed by atoms with Crippen LogP contribution in [-0.4, -0.2) is 53.5 Å². The van der Waals surface area contributed by atoms with Crippen molar-refractivity contribution in [1.29, 1.82) is 0 Å². The fourth-order valence-electron chi connectivity index (χ4n) is 3.82. The fraction of sp³-hybridized carbons (Fsp3) is 0.238. The quantitative estimate of drug-likeness (QED) is 0.489. The molecule has 0 aliphatic carbocycles. The molecule has 0 bridgehead atoms. The topological polar surface area (TPSA) is 127 Å². The zero-order valence-electron chi connectivity index (χ0n) is 17.1. The van der Waals surface area contributed by atoms with E-state index in [4.69, 9.17) is 0 Å². The summed E-state index contributed by atoms with van der Waals surface area (Å²) in [5.74, 6) is 1.33. The zero-order valence-corrected chi connectivity index (χ0v) is 17.1. The molecule has 1 atom stereocenters. The van der Waals surface area contributed by atoms with E-state index in [0.29, 0.717) is 23.9 Å². The van der Waals surface area contributed by atoms with Gasteiger partial charge in [0.25, 0.3) is 5.56 Å². The Labute approximate surface area is 182 Å². The lowest BCUT2D eigenvalue weighted by molar-refractivity contribution is -0.120. The molecule has 11 nitrogen and oxygen atoms in total. The van der Waals surface area contributed by atoms with Gasteiger partial charge in [-0.15, -0.1) is 0 Å². The first-order valence-corrected chi connectivity index (χ1v) is 10.3. The van der Waals surface area contributed by atoms with Gasteiger partial charge in [0.1, 0.15) is 30.6 Å². The predicted octanol–water partition coefficient (Wildman–Crippen LogP) is 1.39. The van der Waals surface area contributed by atoms with Crippen molar-refractivity contribution in [2.24, 2.45) is 5.92 Å². The number of anilines is 2. The van der Waals surface area contributed by atoms with Crippen LogP contribution in [0.2, 0.25) is 0 Å². The van der Waals surface area contributed by atoms with Crippen molar-refractivity contribution in [3.8, 4) is 11.5 Å². The van der Waals surface area contributed by atoms with Crippen LogP contribution in [0.5, 0.6) is 0 Å². The Bertz CT molecular complexity index is 1260. The second kappa shape index (κ2) is 8.46. The molecule has 1 unspecified atom stereocenters. The van der Waals surface area contributed by atoms with E-state index in [9.17, 15) is 9.59 Å². The number of hydrogen-bond acceptors (Lipinski definition) is 7. The highest BCUT2D eigenvalue weighted by atomic mass is 16.2. The smallest absolute Gasteiger partial charge is 0.273 e. The lowest BCUT2D eigenvalue weighted by atomic mass is 9.97. The van der Waals surface area contributed by atoms with E-state index in [1.54, 1.807) is 11.0 Å². The average molecular weight is 431 g/mol. The van der Waals surface area contributed by atoms with E-state index in [-0.39, 0.29) is 17.4 Å². The summed E-state index contributed by atoms with van der Waals surface area (Å²) in [5, 5.41) is 9.90. The number of benzene rings is 1. The minimum absolute atomic E-state index is 0.137. The lowest BCUT2D eigenvalue weighted by Crippen LogP contribution is -2.41. The Morgan fingerprint density at radius 2 is 1.94 bits per heavy atom. The Balaban J connectivity index is 1.29. The van der Waals surface area contributed by atoms with Gasteiger partial charge in [0.15, 0.2) is 5.82 Å². The third-order valence-corrected chi connectivity index (χ3v) is 5.40. The molecule has 4 aromatic rings. The van der Waals surface area contributed by atoms with Crippen molar-refractivity contribution in [1.82, 2.24) is 34.5 Å². The van der Waals surface area contributed by atoms with Gasteiger partial charge in [-0.05, 0) is 25.0 Å². The van der Waals surface area contributed by atoms with Crippen LogP contribution in [0, 0.1) is 5.92 Å². The Hall–Kier alpha value is -4.28. The number of carbonyl (C=O) groups excluding carboxylic acids is 1. The molecule has 2 N–H and O–H groups in total. The van der Waals surface area contributed by atoms with Gasteiger partial charge >= 0.3 is 0 Å². The summed E-state index contributed by atoms with van der Waals surface area (Å²) < 4.78 is 2.96. The van der Waals surface area contributed by atoms with Crippen LogP contribution < -0.4 is 15.8 Å². The molecule has 0 spiro atoms. The minimum Gasteiger partial charge on any atom is -0.356 e. The highest BCUT2D eigenvalue weighted by Gasteiger charge is 2.27. The number of nitrogens with zero attached hydrogens (tertiary/aromatic N) is 7. The standard InChI is InChI=1S/C21H21N9O2/c31-20-9-17(27-30(20)16-6-2-1-3-7-16)26-21(32)15-5-4-8-28(11-15)18-10-19(24-13-23-18)29-14-22-12-25-29/h1-3,6-7,9-10,12-15,27H,4-5,8,11H2,(H,26,32). The number of para-hydroxylation sites is 1. The molecule has 1 aliphatic rings. The number of carbonyl (C=O) groups is 1. The highest BCUT2D eigenvalue weighted by molar-refractivity contribution is 5.92. The number of aromatic amines is 1. The van der Waals surface area contributed by atoms with Crippen LogP contribution in [0.1, 0.15) is 12.8 Å².